The lowest BCUT2D eigenvalue weighted by atomic mass is 10.0. The molecule has 1 atom stereocenters. The highest BCUT2D eigenvalue weighted by Gasteiger charge is 2.24. The highest BCUT2D eigenvalue weighted by atomic mass is 32.2. The topological polar surface area (TPSA) is 146 Å². The van der Waals surface area contributed by atoms with E-state index in [1.54, 1.807) is 35.6 Å². The molecule has 9 nitrogen and oxygen atoms in total. The number of thiazole rings is 1. The van der Waals surface area contributed by atoms with E-state index >= 15 is 0 Å². The molecule has 2 amide bonds. The van der Waals surface area contributed by atoms with Gasteiger partial charge in [-0.05, 0) is 59.5 Å². The summed E-state index contributed by atoms with van der Waals surface area (Å²) in [6.07, 6.45) is 0. The number of anilines is 2. The van der Waals surface area contributed by atoms with E-state index in [4.69, 9.17) is 5.11 Å². The molecule has 1 unspecified atom stereocenters. The number of carbonyl (C=O) groups is 4. The van der Waals surface area contributed by atoms with Crippen LogP contribution in [0.2, 0.25) is 0 Å². The quantitative estimate of drug-likeness (QED) is 0.123. The number of amides is 2. The van der Waals surface area contributed by atoms with Gasteiger partial charge in [0.15, 0.2) is 5.13 Å². The average Bonchev–Trinajstić information content (AvgIpc) is 3.69. The van der Waals surface area contributed by atoms with Crippen molar-refractivity contribution in [2.24, 2.45) is 0 Å². The second-order valence-electron chi connectivity index (χ2n) is 8.76. The first-order valence-electron chi connectivity index (χ1n) is 12.3. The van der Waals surface area contributed by atoms with Gasteiger partial charge in [0.25, 0.3) is 5.91 Å². The molecule has 0 bridgehead atoms. The van der Waals surface area contributed by atoms with E-state index < -0.39 is 28.7 Å². The predicted molar refractivity (Wildman–Crippen MR) is 164 cm³/mol. The zero-order valence-electron chi connectivity index (χ0n) is 21.5. The number of thioether (sulfide) groups is 1. The number of carbonyl (C=O) groups excluding carboxylic acids is 2. The lowest BCUT2D eigenvalue weighted by Gasteiger charge is -2.16. The Morgan fingerprint density at radius 1 is 0.786 bits per heavy atom. The molecule has 2 aromatic heterocycles. The van der Waals surface area contributed by atoms with Crippen molar-refractivity contribution in [3.05, 3.63) is 118 Å². The molecule has 0 aliphatic carbocycles. The van der Waals surface area contributed by atoms with E-state index in [0.29, 0.717) is 10.8 Å². The van der Waals surface area contributed by atoms with Gasteiger partial charge in [0.2, 0.25) is 5.91 Å². The van der Waals surface area contributed by atoms with Crippen LogP contribution in [0.15, 0.2) is 101 Å². The van der Waals surface area contributed by atoms with Gasteiger partial charge in [-0.15, -0.1) is 34.4 Å². The number of benzene rings is 3. The van der Waals surface area contributed by atoms with Crippen molar-refractivity contribution in [3.63, 3.8) is 0 Å². The number of nitrogens with one attached hydrogen (secondary N) is 2. The number of rotatable bonds is 10. The van der Waals surface area contributed by atoms with Crippen LogP contribution in [-0.2, 0) is 4.79 Å². The van der Waals surface area contributed by atoms with E-state index in [-0.39, 0.29) is 17.0 Å². The second kappa shape index (κ2) is 12.8. The summed E-state index contributed by atoms with van der Waals surface area (Å²) in [5, 5.41) is 28.0. The Morgan fingerprint density at radius 3 is 2.21 bits per heavy atom. The van der Waals surface area contributed by atoms with Gasteiger partial charge in [-0.3, -0.25) is 9.59 Å². The summed E-state index contributed by atoms with van der Waals surface area (Å²) >= 11 is 4.26. The van der Waals surface area contributed by atoms with Crippen molar-refractivity contribution in [3.8, 4) is 10.6 Å². The van der Waals surface area contributed by atoms with E-state index in [0.717, 1.165) is 27.1 Å². The van der Waals surface area contributed by atoms with Crippen molar-refractivity contribution in [1.82, 2.24) is 4.98 Å². The van der Waals surface area contributed by atoms with E-state index in [1.807, 2.05) is 53.2 Å². The summed E-state index contributed by atoms with van der Waals surface area (Å²) in [6.45, 7) is 0. The standard InChI is InChI=1S/C30H21N3O6S3/c34-26(21-13-8-18(28(36)37)15-22(21)29(38)39)31-19-9-11-20(12-10-19)42-25(17-5-2-1-3-6-17)27(35)33-30-32-23(16-41-30)24-7-4-14-40-24/h1-16,25H,(H,31,34)(H,36,37)(H,38,39)(H,32,33,35). The fourth-order valence-electron chi connectivity index (χ4n) is 3.94. The molecule has 0 aliphatic rings. The third kappa shape index (κ3) is 6.74. The summed E-state index contributed by atoms with van der Waals surface area (Å²) in [5.74, 6) is -3.64. The fourth-order valence-corrected chi connectivity index (χ4v) is 6.44. The number of carboxylic acid groups (broad SMARTS) is 2. The molecule has 0 spiro atoms. The van der Waals surface area contributed by atoms with Gasteiger partial charge < -0.3 is 20.8 Å². The molecule has 12 heteroatoms. The number of aromatic carboxylic acids is 2. The first-order chi connectivity index (χ1) is 20.3. The number of hydrogen-bond acceptors (Lipinski definition) is 8. The van der Waals surface area contributed by atoms with Crippen LogP contribution >= 0.6 is 34.4 Å². The van der Waals surface area contributed by atoms with Gasteiger partial charge in [-0.25, -0.2) is 14.6 Å². The normalized spacial score (nSPS) is 11.4. The van der Waals surface area contributed by atoms with Gasteiger partial charge in [-0.2, -0.15) is 0 Å². The Hall–Kier alpha value is -4.78. The lowest BCUT2D eigenvalue weighted by Crippen LogP contribution is -2.19. The molecule has 0 fully saturated rings. The Labute approximate surface area is 251 Å². The SMILES string of the molecule is O=C(O)c1ccc(C(=O)Nc2ccc(SC(C(=O)Nc3nc(-c4cccs4)cs3)c3ccccc3)cc2)c(C(=O)O)c1. The largest absolute Gasteiger partial charge is 0.478 e. The smallest absolute Gasteiger partial charge is 0.336 e. The molecule has 2 heterocycles. The first kappa shape index (κ1) is 28.7. The third-order valence-electron chi connectivity index (χ3n) is 5.96. The van der Waals surface area contributed by atoms with Crippen molar-refractivity contribution < 1.29 is 29.4 Å². The number of nitrogens with zero attached hydrogens (tertiary/aromatic N) is 1. The summed E-state index contributed by atoms with van der Waals surface area (Å²) in [6, 6.07) is 23.3. The van der Waals surface area contributed by atoms with Crippen molar-refractivity contribution in [2.45, 2.75) is 10.1 Å². The van der Waals surface area contributed by atoms with Crippen LogP contribution in [0, 0.1) is 0 Å². The zero-order chi connectivity index (χ0) is 29.6. The molecule has 0 saturated heterocycles. The van der Waals surface area contributed by atoms with Gasteiger partial charge in [-0.1, -0.05) is 36.4 Å². The van der Waals surface area contributed by atoms with Crippen LogP contribution < -0.4 is 10.6 Å². The highest BCUT2D eigenvalue weighted by molar-refractivity contribution is 8.00. The summed E-state index contributed by atoms with van der Waals surface area (Å²) in [5.41, 5.74) is 1.18. The van der Waals surface area contributed by atoms with Crippen LogP contribution in [0.4, 0.5) is 10.8 Å². The Morgan fingerprint density at radius 2 is 1.55 bits per heavy atom. The maximum absolute atomic E-state index is 13.4. The molecular weight excluding hydrogens is 595 g/mol. The third-order valence-corrected chi connectivity index (χ3v) is 8.87. The van der Waals surface area contributed by atoms with Gasteiger partial charge in [0, 0.05) is 16.0 Å². The lowest BCUT2D eigenvalue weighted by molar-refractivity contribution is -0.115. The Bertz CT molecular complexity index is 1750. The molecule has 42 heavy (non-hydrogen) atoms. The van der Waals surface area contributed by atoms with Crippen LogP contribution in [0.5, 0.6) is 0 Å². The molecular formula is C30H21N3O6S3. The predicted octanol–water partition coefficient (Wildman–Crippen LogP) is 6.99. The number of thiophene rings is 1. The minimum Gasteiger partial charge on any atom is -0.478 e. The van der Waals surface area contributed by atoms with Gasteiger partial charge in [0.1, 0.15) is 5.25 Å². The molecule has 5 rings (SSSR count). The van der Waals surface area contributed by atoms with Crippen molar-refractivity contribution in [1.29, 1.82) is 0 Å². The minimum atomic E-state index is -1.42. The molecule has 210 valence electrons. The minimum absolute atomic E-state index is 0.170. The summed E-state index contributed by atoms with van der Waals surface area (Å²) < 4.78 is 0. The van der Waals surface area contributed by atoms with E-state index in [1.165, 1.54) is 35.2 Å². The summed E-state index contributed by atoms with van der Waals surface area (Å²) in [7, 11) is 0. The number of aromatic nitrogens is 1. The van der Waals surface area contributed by atoms with Crippen molar-refractivity contribution in [2.75, 3.05) is 10.6 Å². The van der Waals surface area contributed by atoms with Gasteiger partial charge in [0.05, 0.1) is 27.3 Å². The van der Waals surface area contributed by atoms with Gasteiger partial charge >= 0.3 is 11.9 Å². The maximum Gasteiger partial charge on any atom is 0.336 e. The molecule has 4 N–H and O–H groups in total. The van der Waals surface area contributed by atoms with Crippen LogP contribution in [-0.4, -0.2) is 39.0 Å². The van der Waals surface area contributed by atoms with Crippen molar-refractivity contribution >= 4 is 69.0 Å². The Kier molecular flexibility index (Phi) is 8.77. The fraction of sp³-hybridized carbons (Fsp3) is 0.0333. The average molecular weight is 616 g/mol. The second-order valence-corrected chi connectivity index (χ2v) is 11.7. The summed E-state index contributed by atoms with van der Waals surface area (Å²) in [4.78, 5) is 55.4. The number of hydrogen-bond donors (Lipinski definition) is 4. The van der Waals surface area contributed by atoms with Crippen LogP contribution in [0.1, 0.15) is 41.9 Å². The van der Waals surface area contributed by atoms with E-state index in [9.17, 15) is 24.3 Å². The molecule has 0 radical (unpaired) electrons. The molecule has 0 saturated carbocycles. The maximum atomic E-state index is 13.4. The molecule has 3 aromatic carbocycles. The zero-order valence-corrected chi connectivity index (χ0v) is 24.0. The Balaban J connectivity index is 1.30. The number of carboxylic acids is 2. The van der Waals surface area contributed by atoms with Crippen LogP contribution in [0.25, 0.3) is 10.6 Å². The van der Waals surface area contributed by atoms with Crippen LogP contribution in [0.3, 0.4) is 0 Å². The highest BCUT2D eigenvalue weighted by Crippen LogP contribution is 2.37. The first-order valence-corrected chi connectivity index (χ1v) is 15.0. The molecule has 5 aromatic rings. The molecule has 0 aliphatic heterocycles. The monoisotopic (exact) mass is 615 g/mol. The van der Waals surface area contributed by atoms with E-state index in [2.05, 4.69) is 15.6 Å².